The normalized spacial score (nSPS) is 13.0. The predicted octanol–water partition coefficient (Wildman–Crippen LogP) is 2.47. The van der Waals surface area contributed by atoms with Gasteiger partial charge in [-0.1, -0.05) is 23.7 Å². The molecule has 5 nitrogen and oxygen atoms in total. The molecule has 0 bridgehead atoms. The molecule has 1 unspecified atom stereocenters. The Morgan fingerprint density at radius 2 is 2.00 bits per heavy atom. The van der Waals surface area contributed by atoms with E-state index in [1.807, 2.05) is 49.1 Å². The van der Waals surface area contributed by atoms with Gasteiger partial charge in [-0.25, -0.2) is 4.99 Å². The quantitative estimate of drug-likeness (QED) is 0.562. The van der Waals surface area contributed by atoms with Gasteiger partial charge in [0, 0.05) is 37.6 Å². The molecule has 0 radical (unpaired) electrons. The monoisotopic (exact) mass is 334 g/mol. The first-order chi connectivity index (χ1) is 11.1. The molecule has 1 aromatic carbocycles. The lowest BCUT2D eigenvalue weighted by Crippen LogP contribution is -2.39. The van der Waals surface area contributed by atoms with Gasteiger partial charge in [-0.05, 0) is 36.2 Å². The SMILES string of the molecule is CCNC(=NCc1ccn(C)c1)NCC(O)c1ccc(Cl)cc1. The molecule has 2 rings (SSSR count). The summed E-state index contributed by atoms with van der Waals surface area (Å²) in [7, 11) is 1.99. The number of hydrogen-bond acceptors (Lipinski definition) is 2. The van der Waals surface area contributed by atoms with Crippen molar-refractivity contribution in [3.8, 4) is 0 Å². The number of guanidine groups is 1. The molecule has 1 aromatic heterocycles. The highest BCUT2D eigenvalue weighted by Crippen LogP contribution is 2.15. The molecule has 0 fully saturated rings. The number of aliphatic hydroxyl groups is 1. The second-order valence-electron chi connectivity index (χ2n) is 5.33. The summed E-state index contributed by atoms with van der Waals surface area (Å²) in [5.41, 5.74) is 1.96. The third-order valence-electron chi connectivity index (χ3n) is 3.37. The second-order valence-corrected chi connectivity index (χ2v) is 5.77. The van der Waals surface area contributed by atoms with Crippen LogP contribution in [-0.2, 0) is 13.6 Å². The molecule has 0 aliphatic carbocycles. The third-order valence-corrected chi connectivity index (χ3v) is 3.63. The molecule has 6 heteroatoms. The highest BCUT2D eigenvalue weighted by atomic mass is 35.5. The number of aryl methyl sites for hydroxylation is 1. The molecule has 1 heterocycles. The lowest BCUT2D eigenvalue weighted by Gasteiger charge is -2.15. The number of halogens is 1. The first kappa shape index (κ1) is 17.4. The number of nitrogens with one attached hydrogen (secondary N) is 2. The number of rotatable bonds is 6. The van der Waals surface area contributed by atoms with Crippen LogP contribution in [0.1, 0.15) is 24.2 Å². The Morgan fingerprint density at radius 1 is 1.26 bits per heavy atom. The van der Waals surface area contributed by atoms with Gasteiger partial charge in [0.2, 0.25) is 0 Å². The second kappa shape index (κ2) is 8.60. The minimum atomic E-state index is -0.618. The standard InChI is InChI=1S/C17H23ClN4O/c1-3-19-17(20-10-13-8-9-22(2)12-13)21-11-16(23)14-4-6-15(18)7-5-14/h4-9,12,16,23H,3,10-11H2,1-2H3,(H2,19,20,21). The first-order valence-electron chi connectivity index (χ1n) is 7.65. The van der Waals surface area contributed by atoms with Crippen LogP contribution in [0.25, 0.3) is 0 Å². The molecule has 23 heavy (non-hydrogen) atoms. The third kappa shape index (κ3) is 5.62. The van der Waals surface area contributed by atoms with E-state index in [1.54, 1.807) is 12.1 Å². The maximum absolute atomic E-state index is 10.2. The van der Waals surface area contributed by atoms with Crippen LogP contribution >= 0.6 is 11.6 Å². The van der Waals surface area contributed by atoms with Gasteiger partial charge in [0.05, 0.1) is 12.6 Å². The average molecular weight is 335 g/mol. The lowest BCUT2D eigenvalue weighted by atomic mass is 10.1. The van der Waals surface area contributed by atoms with Crippen LogP contribution in [0.3, 0.4) is 0 Å². The van der Waals surface area contributed by atoms with Gasteiger partial charge < -0.3 is 20.3 Å². The van der Waals surface area contributed by atoms with Gasteiger partial charge in [0.15, 0.2) is 5.96 Å². The molecule has 2 aromatic rings. The minimum absolute atomic E-state index is 0.377. The Morgan fingerprint density at radius 3 is 2.61 bits per heavy atom. The van der Waals surface area contributed by atoms with E-state index < -0.39 is 6.10 Å². The molecule has 0 saturated carbocycles. The van der Waals surface area contributed by atoms with Gasteiger partial charge in [-0.2, -0.15) is 0 Å². The molecule has 0 saturated heterocycles. The fourth-order valence-corrected chi connectivity index (χ4v) is 2.29. The van der Waals surface area contributed by atoms with E-state index in [0.717, 1.165) is 17.7 Å². The van der Waals surface area contributed by atoms with Crippen LogP contribution in [0, 0.1) is 0 Å². The molecule has 1 atom stereocenters. The predicted molar refractivity (Wildman–Crippen MR) is 94.6 cm³/mol. The molecule has 0 aliphatic rings. The number of nitrogens with zero attached hydrogens (tertiary/aromatic N) is 2. The zero-order valence-electron chi connectivity index (χ0n) is 13.5. The van der Waals surface area contributed by atoms with E-state index in [2.05, 4.69) is 15.6 Å². The molecule has 0 amide bonds. The molecular weight excluding hydrogens is 312 g/mol. The van der Waals surface area contributed by atoms with Gasteiger partial charge in [-0.15, -0.1) is 0 Å². The van der Waals surface area contributed by atoms with Gasteiger partial charge >= 0.3 is 0 Å². The van der Waals surface area contributed by atoms with Crippen LogP contribution < -0.4 is 10.6 Å². The largest absolute Gasteiger partial charge is 0.387 e. The van der Waals surface area contributed by atoms with Crippen LogP contribution in [0.15, 0.2) is 47.7 Å². The summed E-state index contributed by atoms with van der Waals surface area (Å²) in [5, 5.41) is 17.2. The van der Waals surface area contributed by atoms with Gasteiger partial charge in [-0.3, -0.25) is 0 Å². The Hall–Kier alpha value is -1.98. The van der Waals surface area contributed by atoms with Crippen molar-refractivity contribution in [2.24, 2.45) is 12.0 Å². The Balaban J connectivity index is 1.91. The molecule has 0 aliphatic heterocycles. The summed E-state index contributed by atoms with van der Waals surface area (Å²) in [6.07, 6.45) is 3.42. The van der Waals surface area contributed by atoms with Crippen molar-refractivity contribution in [1.29, 1.82) is 0 Å². The van der Waals surface area contributed by atoms with E-state index in [-0.39, 0.29) is 0 Å². The van der Waals surface area contributed by atoms with E-state index in [1.165, 1.54) is 0 Å². The zero-order valence-corrected chi connectivity index (χ0v) is 14.2. The summed E-state index contributed by atoms with van der Waals surface area (Å²) in [6, 6.07) is 9.23. The van der Waals surface area contributed by atoms with Crippen molar-refractivity contribution in [2.75, 3.05) is 13.1 Å². The van der Waals surface area contributed by atoms with E-state index in [9.17, 15) is 5.11 Å². The van der Waals surface area contributed by atoms with Crippen molar-refractivity contribution < 1.29 is 5.11 Å². The molecule has 0 spiro atoms. The minimum Gasteiger partial charge on any atom is -0.387 e. The summed E-state index contributed by atoms with van der Waals surface area (Å²) < 4.78 is 2.00. The summed E-state index contributed by atoms with van der Waals surface area (Å²) in [5.74, 6) is 0.685. The van der Waals surface area contributed by atoms with Gasteiger partial charge in [0.25, 0.3) is 0 Å². The van der Waals surface area contributed by atoms with Crippen LogP contribution in [0.2, 0.25) is 5.02 Å². The average Bonchev–Trinajstić information content (AvgIpc) is 2.96. The zero-order chi connectivity index (χ0) is 16.7. The number of aliphatic hydroxyl groups excluding tert-OH is 1. The Labute approximate surface area is 142 Å². The van der Waals surface area contributed by atoms with Crippen molar-refractivity contribution in [3.05, 3.63) is 58.9 Å². The van der Waals surface area contributed by atoms with Crippen molar-refractivity contribution in [3.63, 3.8) is 0 Å². The highest BCUT2D eigenvalue weighted by molar-refractivity contribution is 6.30. The van der Waals surface area contributed by atoms with Crippen LogP contribution in [-0.4, -0.2) is 28.7 Å². The van der Waals surface area contributed by atoms with E-state index in [4.69, 9.17) is 11.6 Å². The fourth-order valence-electron chi connectivity index (χ4n) is 2.16. The van der Waals surface area contributed by atoms with Crippen LogP contribution in [0.5, 0.6) is 0 Å². The smallest absolute Gasteiger partial charge is 0.191 e. The number of aliphatic imine (C=N–C) groups is 1. The van der Waals surface area contributed by atoms with Gasteiger partial charge in [0.1, 0.15) is 0 Å². The van der Waals surface area contributed by atoms with Crippen molar-refractivity contribution >= 4 is 17.6 Å². The fraction of sp³-hybridized carbons (Fsp3) is 0.353. The molecule has 124 valence electrons. The maximum atomic E-state index is 10.2. The Bertz CT molecular complexity index is 636. The van der Waals surface area contributed by atoms with Crippen molar-refractivity contribution in [2.45, 2.75) is 19.6 Å². The van der Waals surface area contributed by atoms with Crippen molar-refractivity contribution in [1.82, 2.24) is 15.2 Å². The summed E-state index contributed by atoms with van der Waals surface area (Å²) in [4.78, 5) is 4.53. The summed E-state index contributed by atoms with van der Waals surface area (Å²) in [6.45, 7) is 3.74. The maximum Gasteiger partial charge on any atom is 0.191 e. The number of hydrogen-bond donors (Lipinski definition) is 3. The van der Waals surface area contributed by atoms with E-state index in [0.29, 0.717) is 24.1 Å². The molecule has 3 N–H and O–H groups in total. The Kier molecular flexibility index (Phi) is 6.50. The topological polar surface area (TPSA) is 61.6 Å². The molecular formula is C17H23ClN4O. The van der Waals surface area contributed by atoms with Crippen LogP contribution in [0.4, 0.5) is 0 Å². The lowest BCUT2D eigenvalue weighted by molar-refractivity contribution is 0.181. The highest BCUT2D eigenvalue weighted by Gasteiger charge is 2.08. The van der Waals surface area contributed by atoms with E-state index >= 15 is 0 Å². The number of benzene rings is 1. The number of aromatic nitrogens is 1. The first-order valence-corrected chi connectivity index (χ1v) is 8.03. The summed E-state index contributed by atoms with van der Waals surface area (Å²) >= 11 is 5.86.